The van der Waals surface area contributed by atoms with Crippen LogP contribution in [0.2, 0.25) is 0 Å². The van der Waals surface area contributed by atoms with Crippen molar-refractivity contribution in [2.45, 2.75) is 20.3 Å². The van der Waals surface area contributed by atoms with Crippen molar-refractivity contribution in [1.82, 2.24) is 0 Å². The van der Waals surface area contributed by atoms with Crippen molar-refractivity contribution in [2.24, 2.45) is 0 Å². The van der Waals surface area contributed by atoms with E-state index in [9.17, 15) is 13.6 Å². The molecule has 0 aromatic heterocycles. The summed E-state index contributed by atoms with van der Waals surface area (Å²) in [4.78, 5) is 12.0. The highest BCUT2D eigenvalue weighted by molar-refractivity contribution is 5.94. The SMILES string of the molecule is Cc1cc(N)cc(C)c1NC(=O)Cc1c(F)cccc1F. The first-order chi connectivity index (χ1) is 9.88. The van der Waals surface area contributed by atoms with Gasteiger partial charge < -0.3 is 11.1 Å². The van der Waals surface area contributed by atoms with E-state index in [1.54, 1.807) is 12.1 Å². The van der Waals surface area contributed by atoms with Crippen LogP contribution in [0.25, 0.3) is 0 Å². The summed E-state index contributed by atoms with van der Waals surface area (Å²) in [6.07, 6.45) is -0.359. The summed E-state index contributed by atoms with van der Waals surface area (Å²) < 4.78 is 27.0. The highest BCUT2D eigenvalue weighted by atomic mass is 19.1. The lowest BCUT2D eigenvalue weighted by atomic mass is 10.1. The second-order valence-corrected chi connectivity index (χ2v) is 4.95. The molecular formula is C16H16F2N2O. The van der Waals surface area contributed by atoms with E-state index in [4.69, 9.17) is 5.73 Å². The van der Waals surface area contributed by atoms with Crippen molar-refractivity contribution >= 4 is 17.3 Å². The summed E-state index contributed by atoms with van der Waals surface area (Å²) in [5, 5.41) is 2.68. The molecule has 21 heavy (non-hydrogen) atoms. The summed E-state index contributed by atoms with van der Waals surface area (Å²) >= 11 is 0. The third kappa shape index (κ3) is 3.37. The second-order valence-electron chi connectivity index (χ2n) is 4.95. The van der Waals surface area contributed by atoms with Gasteiger partial charge in [-0.15, -0.1) is 0 Å². The van der Waals surface area contributed by atoms with E-state index in [1.807, 2.05) is 13.8 Å². The third-order valence-electron chi connectivity index (χ3n) is 3.22. The van der Waals surface area contributed by atoms with Crippen LogP contribution in [0.5, 0.6) is 0 Å². The maximum atomic E-state index is 13.5. The number of hydrogen-bond donors (Lipinski definition) is 2. The number of carbonyl (C=O) groups excluding carboxylic acids is 1. The fourth-order valence-corrected chi connectivity index (χ4v) is 2.24. The molecular weight excluding hydrogens is 274 g/mol. The number of halogens is 2. The van der Waals surface area contributed by atoms with Gasteiger partial charge in [0.05, 0.1) is 6.42 Å². The first-order valence-corrected chi connectivity index (χ1v) is 6.48. The molecule has 1 amide bonds. The number of aryl methyl sites for hydroxylation is 2. The van der Waals surface area contributed by atoms with Gasteiger partial charge >= 0.3 is 0 Å². The van der Waals surface area contributed by atoms with Gasteiger partial charge in [0.1, 0.15) is 11.6 Å². The molecule has 0 aliphatic heterocycles. The van der Waals surface area contributed by atoms with Crippen LogP contribution in [0.15, 0.2) is 30.3 Å². The Labute approximate surface area is 121 Å². The number of benzene rings is 2. The molecule has 0 radical (unpaired) electrons. The third-order valence-corrected chi connectivity index (χ3v) is 3.22. The van der Waals surface area contributed by atoms with E-state index in [0.29, 0.717) is 11.4 Å². The van der Waals surface area contributed by atoms with Crippen LogP contribution < -0.4 is 11.1 Å². The molecule has 0 heterocycles. The smallest absolute Gasteiger partial charge is 0.229 e. The quantitative estimate of drug-likeness (QED) is 0.852. The predicted molar refractivity (Wildman–Crippen MR) is 79.0 cm³/mol. The Morgan fingerprint density at radius 3 is 2.19 bits per heavy atom. The zero-order valence-electron chi connectivity index (χ0n) is 11.8. The van der Waals surface area contributed by atoms with Gasteiger partial charge in [-0.2, -0.15) is 0 Å². The molecule has 110 valence electrons. The Morgan fingerprint density at radius 1 is 1.14 bits per heavy atom. The number of nitrogens with one attached hydrogen (secondary N) is 1. The molecule has 2 rings (SSSR count). The predicted octanol–water partition coefficient (Wildman–Crippen LogP) is 3.35. The molecule has 0 saturated carbocycles. The highest BCUT2D eigenvalue weighted by Crippen LogP contribution is 2.24. The summed E-state index contributed by atoms with van der Waals surface area (Å²) in [5.41, 5.74) is 8.29. The minimum atomic E-state index is -0.726. The van der Waals surface area contributed by atoms with Crippen molar-refractivity contribution in [2.75, 3.05) is 11.1 Å². The van der Waals surface area contributed by atoms with E-state index >= 15 is 0 Å². The van der Waals surface area contributed by atoms with Crippen molar-refractivity contribution < 1.29 is 13.6 Å². The zero-order valence-corrected chi connectivity index (χ0v) is 11.8. The van der Waals surface area contributed by atoms with Crippen LogP contribution >= 0.6 is 0 Å². The molecule has 0 bridgehead atoms. The molecule has 2 aromatic rings. The Bertz CT molecular complexity index is 655. The van der Waals surface area contributed by atoms with E-state index in [2.05, 4.69) is 5.32 Å². The van der Waals surface area contributed by atoms with Gasteiger partial charge in [-0.25, -0.2) is 8.78 Å². The normalized spacial score (nSPS) is 10.5. The first kappa shape index (κ1) is 15.0. The van der Waals surface area contributed by atoms with Crippen LogP contribution in [-0.2, 0) is 11.2 Å². The topological polar surface area (TPSA) is 55.1 Å². The van der Waals surface area contributed by atoms with Gasteiger partial charge in [-0.05, 0) is 49.2 Å². The van der Waals surface area contributed by atoms with Crippen LogP contribution in [0.3, 0.4) is 0 Å². The monoisotopic (exact) mass is 290 g/mol. The zero-order chi connectivity index (χ0) is 15.6. The molecule has 0 unspecified atom stereocenters. The lowest BCUT2D eigenvalue weighted by Gasteiger charge is -2.13. The number of nitrogens with two attached hydrogens (primary N) is 1. The fraction of sp³-hybridized carbons (Fsp3) is 0.188. The minimum Gasteiger partial charge on any atom is -0.399 e. The van der Waals surface area contributed by atoms with E-state index < -0.39 is 17.5 Å². The Kier molecular flexibility index (Phi) is 4.21. The van der Waals surface area contributed by atoms with Gasteiger partial charge in [0.2, 0.25) is 5.91 Å². The minimum absolute atomic E-state index is 0.235. The number of rotatable bonds is 3. The van der Waals surface area contributed by atoms with Gasteiger partial charge in [-0.1, -0.05) is 6.07 Å². The van der Waals surface area contributed by atoms with E-state index in [0.717, 1.165) is 23.3 Å². The van der Waals surface area contributed by atoms with E-state index in [-0.39, 0.29) is 12.0 Å². The number of hydrogen-bond acceptors (Lipinski definition) is 2. The standard InChI is InChI=1S/C16H16F2N2O/c1-9-6-11(19)7-10(2)16(9)20-15(21)8-12-13(17)4-3-5-14(12)18/h3-7H,8,19H2,1-2H3,(H,20,21). The molecule has 0 aliphatic rings. The molecule has 0 aliphatic carbocycles. The average molecular weight is 290 g/mol. The van der Waals surface area contributed by atoms with Gasteiger partial charge in [0, 0.05) is 16.9 Å². The van der Waals surface area contributed by atoms with Crippen molar-refractivity contribution in [3.63, 3.8) is 0 Å². The Hall–Kier alpha value is -2.43. The van der Waals surface area contributed by atoms with Crippen LogP contribution in [0.4, 0.5) is 20.2 Å². The molecule has 0 spiro atoms. The largest absolute Gasteiger partial charge is 0.399 e. The van der Waals surface area contributed by atoms with E-state index in [1.165, 1.54) is 6.07 Å². The molecule has 0 fully saturated rings. The fourth-order valence-electron chi connectivity index (χ4n) is 2.24. The lowest BCUT2D eigenvalue weighted by Crippen LogP contribution is -2.17. The van der Waals surface area contributed by atoms with Crippen LogP contribution in [0.1, 0.15) is 16.7 Å². The number of amides is 1. The van der Waals surface area contributed by atoms with Crippen LogP contribution in [0, 0.1) is 25.5 Å². The Morgan fingerprint density at radius 2 is 1.67 bits per heavy atom. The summed E-state index contributed by atoms with van der Waals surface area (Å²) in [5.74, 6) is -1.93. The maximum absolute atomic E-state index is 13.5. The summed E-state index contributed by atoms with van der Waals surface area (Å²) in [7, 11) is 0. The maximum Gasteiger partial charge on any atom is 0.229 e. The van der Waals surface area contributed by atoms with Gasteiger partial charge in [-0.3, -0.25) is 4.79 Å². The molecule has 2 aromatic carbocycles. The Balaban J connectivity index is 2.20. The van der Waals surface area contributed by atoms with Crippen LogP contribution in [-0.4, -0.2) is 5.91 Å². The highest BCUT2D eigenvalue weighted by Gasteiger charge is 2.14. The average Bonchev–Trinajstić information content (AvgIpc) is 2.38. The first-order valence-electron chi connectivity index (χ1n) is 6.48. The number of anilines is 2. The van der Waals surface area contributed by atoms with Crippen molar-refractivity contribution in [3.8, 4) is 0 Å². The molecule has 0 atom stereocenters. The second kappa shape index (κ2) is 5.91. The van der Waals surface area contributed by atoms with Crippen molar-refractivity contribution in [1.29, 1.82) is 0 Å². The molecule has 3 nitrogen and oxygen atoms in total. The van der Waals surface area contributed by atoms with Crippen molar-refractivity contribution in [3.05, 3.63) is 58.7 Å². The van der Waals surface area contributed by atoms with Gasteiger partial charge in [0.15, 0.2) is 0 Å². The number of nitrogen functional groups attached to an aromatic ring is 1. The lowest BCUT2D eigenvalue weighted by molar-refractivity contribution is -0.115. The van der Waals surface area contributed by atoms with Gasteiger partial charge in [0.25, 0.3) is 0 Å². The number of carbonyl (C=O) groups is 1. The summed E-state index contributed by atoms with van der Waals surface area (Å²) in [6.45, 7) is 3.62. The molecule has 3 N–H and O–H groups in total. The molecule has 0 saturated heterocycles. The summed E-state index contributed by atoms with van der Waals surface area (Å²) in [6, 6.07) is 6.98. The molecule has 5 heteroatoms.